The highest BCUT2D eigenvalue weighted by Crippen LogP contribution is 2.16. The minimum atomic E-state index is -1.06. The number of likely N-dealkylation sites (tertiary alicyclic amines) is 1. The molecule has 2 atom stereocenters. The van der Waals surface area contributed by atoms with Crippen LogP contribution in [0, 0.1) is 0 Å². The fourth-order valence-electron chi connectivity index (χ4n) is 1.53. The molecule has 0 radical (unpaired) electrons. The van der Waals surface area contributed by atoms with E-state index in [4.69, 9.17) is 5.11 Å². The van der Waals surface area contributed by atoms with Crippen molar-refractivity contribution in [2.45, 2.75) is 25.0 Å². The molecular weight excluding hydrogens is 186 g/mol. The maximum absolute atomic E-state index is 11.3. The number of carbonyl (C=O) groups excluding carboxylic acids is 1. The van der Waals surface area contributed by atoms with Gasteiger partial charge in [-0.3, -0.25) is 4.79 Å². The van der Waals surface area contributed by atoms with E-state index < -0.39 is 18.1 Å². The molecule has 1 aliphatic rings. The van der Waals surface area contributed by atoms with Crippen LogP contribution in [0.5, 0.6) is 0 Å². The SMILES string of the molecule is C=CC[C@@H](C(=O)O)N1CC(O)CC1=O. The third kappa shape index (κ3) is 2.11. The Balaban J connectivity index is 2.73. The smallest absolute Gasteiger partial charge is 0.326 e. The van der Waals surface area contributed by atoms with Gasteiger partial charge in [0.15, 0.2) is 0 Å². The van der Waals surface area contributed by atoms with Crippen molar-refractivity contribution in [2.24, 2.45) is 0 Å². The molecule has 1 saturated heterocycles. The van der Waals surface area contributed by atoms with E-state index in [-0.39, 0.29) is 25.3 Å². The van der Waals surface area contributed by atoms with Gasteiger partial charge in [0.05, 0.1) is 12.5 Å². The minimum Gasteiger partial charge on any atom is -0.480 e. The molecule has 0 spiro atoms. The van der Waals surface area contributed by atoms with Crippen LogP contribution in [0.1, 0.15) is 12.8 Å². The molecular formula is C9H13NO4. The van der Waals surface area contributed by atoms with Gasteiger partial charge in [0.25, 0.3) is 0 Å². The molecule has 1 amide bonds. The first-order valence-electron chi connectivity index (χ1n) is 4.37. The van der Waals surface area contributed by atoms with Crippen molar-refractivity contribution >= 4 is 11.9 Å². The van der Waals surface area contributed by atoms with Gasteiger partial charge in [-0.15, -0.1) is 6.58 Å². The van der Waals surface area contributed by atoms with E-state index in [2.05, 4.69) is 6.58 Å². The van der Waals surface area contributed by atoms with E-state index in [0.717, 1.165) is 0 Å². The lowest BCUT2D eigenvalue weighted by Crippen LogP contribution is -2.42. The zero-order valence-corrected chi connectivity index (χ0v) is 7.72. The van der Waals surface area contributed by atoms with E-state index in [9.17, 15) is 14.7 Å². The number of nitrogens with zero attached hydrogens (tertiary/aromatic N) is 1. The van der Waals surface area contributed by atoms with E-state index >= 15 is 0 Å². The maximum Gasteiger partial charge on any atom is 0.326 e. The second kappa shape index (κ2) is 4.23. The highest BCUT2D eigenvalue weighted by molar-refractivity contribution is 5.85. The Bertz CT molecular complexity index is 264. The Kier molecular flexibility index (Phi) is 3.24. The van der Waals surface area contributed by atoms with Crippen LogP contribution in [0.4, 0.5) is 0 Å². The number of amides is 1. The van der Waals surface area contributed by atoms with Gasteiger partial charge < -0.3 is 15.1 Å². The first kappa shape index (κ1) is 10.7. The van der Waals surface area contributed by atoms with Crippen molar-refractivity contribution in [3.63, 3.8) is 0 Å². The van der Waals surface area contributed by atoms with Crippen molar-refractivity contribution in [3.8, 4) is 0 Å². The van der Waals surface area contributed by atoms with Crippen LogP contribution in [-0.4, -0.2) is 45.7 Å². The van der Waals surface area contributed by atoms with Crippen molar-refractivity contribution in [3.05, 3.63) is 12.7 Å². The number of rotatable bonds is 4. The van der Waals surface area contributed by atoms with Crippen molar-refractivity contribution < 1.29 is 19.8 Å². The Hall–Kier alpha value is -1.36. The molecule has 0 saturated carbocycles. The van der Waals surface area contributed by atoms with E-state index in [1.54, 1.807) is 0 Å². The van der Waals surface area contributed by atoms with Crippen molar-refractivity contribution in [1.29, 1.82) is 0 Å². The lowest BCUT2D eigenvalue weighted by atomic mass is 10.2. The van der Waals surface area contributed by atoms with Crippen LogP contribution in [0.15, 0.2) is 12.7 Å². The first-order chi connectivity index (χ1) is 6.56. The molecule has 0 aromatic carbocycles. The average Bonchev–Trinajstić information content (AvgIpc) is 2.40. The Morgan fingerprint density at radius 1 is 1.79 bits per heavy atom. The van der Waals surface area contributed by atoms with Gasteiger partial charge in [-0.1, -0.05) is 6.08 Å². The quantitative estimate of drug-likeness (QED) is 0.604. The molecule has 1 heterocycles. The topological polar surface area (TPSA) is 77.8 Å². The maximum atomic E-state index is 11.3. The molecule has 1 fully saturated rings. The van der Waals surface area contributed by atoms with Gasteiger partial charge in [0.2, 0.25) is 5.91 Å². The number of aliphatic hydroxyl groups excluding tert-OH is 1. The highest BCUT2D eigenvalue weighted by Gasteiger charge is 2.36. The number of aliphatic carboxylic acids is 1. The number of β-amino-alcohol motifs (C(OH)–C–C–N with tert-alkyl or cyclic N) is 1. The van der Waals surface area contributed by atoms with E-state index in [0.29, 0.717) is 0 Å². The number of carboxylic acids is 1. The van der Waals surface area contributed by atoms with Crippen LogP contribution in [0.3, 0.4) is 0 Å². The molecule has 1 unspecified atom stereocenters. The fourth-order valence-corrected chi connectivity index (χ4v) is 1.53. The Morgan fingerprint density at radius 2 is 2.43 bits per heavy atom. The summed E-state index contributed by atoms with van der Waals surface area (Å²) >= 11 is 0. The minimum absolute atomic E-state index is 0.0148. The van der Waals surface area contributed by atoms with Crippen LogP contribution in [0.25, 0.3) is 0 Å². The molecule has 2 N–H and O–H groups in total. The zero-order valence-electron chi connectivity index (χ0n) is 7.72. The summed E-state index contributed by atoms with van der Waals surface area (Å²) in [7, 11) is 0. The summed E-state index contributed by atoms with van der Waals surface area (Å²) in [5, 5.41) is 18.0. The van der Waals surface area contributed by atoms with Gasteiger partial charge in [-0.05, 0) is 6.42 Å². The van der Waals surface area contributed by atoms with Crippen molar-refractivity contribution in [2.75, 3.05) is 6.54 Å². The van der Waals surface area contributed by atoms with Gasteiger partial charge in [-0.25, -0.2) is 4.79 Å². The number of hydrogen-bond donors (Lipinski definition) is 2. The largest absolute Gasteiger partial charge is 0.480 e. The standard InChI is InChI=1S/C9H13NO4/c1-2-3-7(9(13)14)10-5-6(11)4-8(10)12/h2,6-7,11H,1,3-5H2,(H,13,14)/t6?,7-/m0/s1. The number of aliphatic hydroxyl groups is 1. The van der Waals surface area contributed by atoms with Gasteiger partial charge in [0.1, 0.15) is 6.04 Å². The molecule has 14 heavy (non-hydrogen) atoms. The molecule has 0 aromatic heterocycles. The molecule has 1 aliphatic heterocycles. The Labute approximate surface area is 81.6 Å². The van der Waals surface area contributed by atoms with Crippen LogP contribution in [0.2, 0.25) is 0 Å². The third-order valence-corrected chi connectivity index (χ3v) is 2.19. The van der Waals surface area contributed by atoms with Crippen LogP contribution >= 0.6 is 0 Å². The van der Waals surface area contributed by atoms with Crippen LogP contribution < -0.4 is 0 Å². The fraction of sp³-hybridized carbons (Fsp3) is 0.556. The van der Waals surface area contributed by atoms with Gasteiger partial charge >= 0.3 is 5.97 Å². The molecule has 5 heteroatoms. The molecule has 0 bridgehead atoms. The first-order valence-corrected chi connectivity index (χ1v) is 4.37. The lowest BCUT2D eigenvalue weighted by molar-refractivity contribution is -0.148. The van der Waals surface area contributed by atoms with Crippen LogP contribution in [-0.2, 0) is 9.59 Å². The average molecular weight is 199 g/mol. The summed E-state index contributed by atoms with van der Waals surface area (Å²) in [4.78, 5) is 23.3. The summed E-state index contributed by atoms with van der Waals surface area (Å²) in [5.74, 6) is -1.38. The summed E-state index contributed by atoms with van der Waals surface area (Å²) < 4.78 is 0. The summed E-state index contributed by atoms with van der Waals surface area (Å²) in [5.41, 5.74) is 0. The normalized spacial score (nSPS) is 23.6. The summed E-state index contributed by atoms with van der Waals surface area (Å²) in [6.45, 7) is 3.54. The monoisotopic (exact) mass is 199 g/mol. The molecule has 78 valence electrons. The molecule has 1 rings (SSSR count). The lowest BCUT2D eigenvalue weighted by Gasteiger charge is -2.22. The second-order valence-corrected chi connectivity index (χ2v) is 3.28. The number of carboxylic acid groups (broad SMARTS) is 1. The van der Waals surface area contributed by atoms with E-state index in [1.807, 2.05) is 0 Å². The third-order valence-electron chi connectivity index (χ3n) is 2.19. The predicted molar refractivity (Wildman–Crippen MR) is 48.6 cm³/mol. The van der Waals surface area contributed by atoms with E-state index in [1.165, 1.54) is 11.0 Å². The zero-order chi connectivity index (χ0) is 10.7. The van der Waals surface area contributed by atoms with Gasteiger partial charge in [0, 0.05) is 6.54 Å². The Morgan fingerprint density at radius 3 is 2.79 bits per heavy atom. The van der Waals surface area contributed by atoms with Gasteiger partial charge in [-0.2, -0.15) is 0 Å². The second-order valence-electron chi connectivity index (χ2n) is 3.28. The molecule has 0 aromatic rings. The summed E-state index contributed by atoms with van der Waals surface area (Å²) in [6, 6.07) is -0.892. The predicted octanol–water partition coefficient (Wildman–Crippen LogP) is -0.391. The highest BCUT2D eigenvalue weighted by atomic mass is 16.4. The molecule has 0 aliphatic carbocycles. The molecule has 5 nitrogen and oxygen atoms in total. The summed E-state index contributed by atoms with van der Waals surface area (Å²) in [6.07, 6.45) is 0.931. The number of carbonyl (C=O) groups is 2. The number of hydrogen-bond acceptors (Lipinski definition) is 3. The van der Waals surface area contributed by atoms with Crippen molar-refractivity contribution in [1.82, 2.24) is 4.90 Å².